The molecule has 1 aromatic carbocycles. The van der Waals surface area contributed by atoms with E-state index in [9.17, 15) is 9.59 Å². The Kier molecular flexibility index (Phi) is 6.38. The Morgan fingerprint density at radius 3 is 2.71 bits per heavy atom. The number of carbonyl (C=O) groups is 2. The van der Waals surface area contributed by atoms with E-state index in [4.69, 9.17) is 4.74 Å². The number of ether oxygens (including phenoxy) is 1. The smallest absolute Gasteiger partial charge is 0.271 e. The van der Waals surface area contributed by atoms with Crippen LogP contribution >= 0.6 is 11.3 Å². The highest BCUT2D eigenvalue weighted by atomic mass is 32.1. The summed E-state index contributed by atoms with van der Waals surface area (Å²) in [5, 5.41) is 5.37. The van der Waals surface area contributed by atoms with E-state index in [1.807, 2.05) is 60.2 Å². The fraction of sp³-hybridized carbons (Fsp3) is 0.481. The molecule has 0 radical (unpaired) electrons. The number of fused-ring (bicyclic) bond motifs is 3. The number of hydrogen-bond donors (Lipinski definition) is 1. The van der Waals surface area contributed by atoms with Crippen molar-refractivity contribution in [3.63, 3.8) is 0 Å². The van der Waals surface area contributed by atoms with Gasteiger partial charge in [0.15, 0.2) is 0 Å². The number of nitrogens with one attached hydrogen (secondary N) is 1. The van der Waals surface area contributed by atoms with Crippen LogP contribution in [0.5, 0.6) is 5.75 Å². The van der Waals surface area contributed by atoms with Gasteiger partial charge in [-0.25, -0.2) is 0 Å². The summed E-state index contributed by atoms with van der Waals surface area (Å²) in [6.07, 6.45) is 6.75. The number of nitrogens with zero attached hydrogens (tertiary/aromatic N) is 2. The van der Waals surface area contributed by atoms with Crippen LogP contribution in [-0.4, -0.2) is 39.5 Å². The van der Waals surface area contributed by atoms with Gasteiger partial charge in [0.05, 0.1) is 29.9 Å². The van der Waals surface area contributed by atoms with Crippen LogP contribution in [0.15, 0.2) is 41.8 Å². The third kappa shape index (κ3) is 4.11. The highest BCUT2D eigenvalue weighted by Gasteiger charge is 2.48. The molecule has 0 unspecified atom stereocenters. The van der Waals surface area contributed by atoms with E-state index in [1.165, 1.54) is 12.8 Å². The summed E-state index contributed by atoms with van der Waals surface area (Å²) < 4.78 is 8.95. The summed E-state index contributed by atoms with van der Waals surface area (Å²) in [6.45, 7) is 5.17. The van der Waals surface area contributed by atoms with Gasteiger partial charge in [0.1, 0.15) is 17.0 Å². The lowest BCUT2D eigenvalue weighted by molar-refractivity contribution is -0.134. The van der Waals surface area contributed by atoms with E-state index in [-0.39, 0.29) is 17.9 Å². The first-order valence-electron chi connectivity index (χ1n) is 12.4. The Bertz CT molecular complexity index is 1190. The molecule has 1 fully saturated rings. The zero-order valence-corrected chi connectivity index (χ0v) is 20.8. The van der Waals surface area contributed by atoms with Gasteiger partial charge in [-0.2, -0.15) is 0 Å². The first-order valence-corrected chi connectivity index (χ1v) is 13.3. The van der Waals surface area contributed by atoms with E-state index < -0.39 is 5.54 Å². The maximum absolute atomic E-state index is 13.9. The third-order valence-electron chi connectivity index (χ3n) is 7.33. The Morgan fingerprint density at radius 1 is 1.18 bits per heavy atom. The van der Waals surface area contributed by atoms with Gasteiger partial charge < -0.3 is 19.5 Å². The van der Waals surface area contributed by atoms with E-state index >= 15 is 0 Å². The largest absolute Gasteiger partial charge is 0.494 e. The first kappa shape index (κ1) is 23.0. The quantitative estimate of drug-likeness (QED) is 0.485. The number of amides is 2. The maximum Gasteiger partial charge on any atom is 0.271 e. The summed E-state index contributed by atoms with van der Waals surface area (Å²) in [4.78, 5) is 29.6. The van der Waals surface area contributed by atoms with Crippen LogP contribution < -0.4 is 10.1 Å². The second kappa shape index (κ2) is 9.45. The van der Waals surface area contributed by atoms with Gasteiger partial charge in [-0.1, -0.05) is 43.9 Å². The second-order valence-corrected chi connectivity index (χ2v) is 10.6. The van der Waals surface area contributed by atoms with E-state index in [0.29, 0.717) is 25.4 Å². The molecule has 3 heterocycles. The van der Waals surface area contributed by atoms with E-state index in [1.54, 1.807) is 16.2 Å². The van der Waals surface area contributed by atoms with Crippen LogP contribution in [0.3, 0.4) is 0 Å². The number of rotatable bonds is 6. The number of aromatic nitrogens is 1. The topological polar surface area (TPSA) is 63.6 Å². The minimum Gasteiger partial charge on any atom is -0.494 e. The second-order valence-electron chi connectivity index (χ2n) is 9.65. The molecule has 2 amide bonds. The summed E-state index contributed by atoms with van der Waals surface area (Å²) in [7, 11) is 0. The Hall–Kier alpha value is -2.80. The van der Waals surface area contributed by atoms with Gasteiger partial charge in [0.2, 0.25) is 5.91 Å². The van der Waals surface area contributed by atoms with Crippen LogP contribution in [0.4, 0.5) is 0 Å². The molecule has 0 spiro atoms. The molecule has 180 valence electrons. The molecule has 2 aliphatic rings. The Balaban J connectivity index is 1.52. The van der Waals surface area contributed by atoms with Crippen LogP contribution in [0, 0.1) is 0 Å². The Morgan fingerprint density at radius 2 is 1.94 bits per heavy atom. The molecule has 3 aromatic rings. The molecule has 7 heteroatoms. The minimum absolute atomic E-state index is 0.0654. The number of benzene rings is 1. The first-order chi connectivity index (χ1) is 16.5. The van der Waals surface area contributed by atoms with Crippen molar-refractivity contribution in [3.8, 4) is 5.75 Å². The van der Waals surface area contributed by atoms with Crippen LogP contribution in [0.2, 0.25) is 0 Å². The molecule has 5 rings (SSSR count). The monoisotopic (exact) mass is 479 g/mol. The number of para-hydroxylation sites is 1. The molecular weight excluding hydrogens is 446 g/mol. The fourth-order valence-electron chi connectivity index (χ4n) is 5.39. The van der Waals surface area contributed by atoms with Gasteiger partial charge in [0, 0.05) is 11.6 Å². The molecule has 1 aliphatic heterocycles. The van der Waals surface area contributed by atoms with Crippen molar-refractivity contribution in [2.24, 2.45) is 0 Å². The number of hydrogen-bond acceptors (Lipinski definition) is 4. The Labute approximate surface area is 204 Å². The van der Waals surface area contributed by atoms with Crippen LogP contribution in [-0.2, 0) is 17.9 Å². The van der Waals surface area contributed by atoms with Gasteiger partial charge in [-0.05, 0) is 50.3 Å². The van der Waals surface area contributed by atoms with E-state index in [0.717, 1.165) is 47.2 Å². The number of carbonyl (C=O) groups excluding carboxylic acids is 2. The van der Waals surface area contributed by atoms with Crippen molar-refractivity contribution in [1.82, 2.24) is 14.8 Å². The lowest BCUT2D eigenvalue weighted by Crippen LogP contribution is -2.64. The van der Waals surface area contributed by atoms with Crippen LogP contribution in [0.1, 0.15) is 68.4 Å². The summed E-state index contributed by atoms with van der Waals surface area (Å²) >= 11 is 1.62. The van der Waals surface area contributed by atoms with Crippen molar-refractivity contribution in [2.45, 2.75) is 77.0 Å². The highest BCUT2D eigenvalue weighted by Crippen LogP contribution is 2.36. The molecule has 1 N–H and O–H groups in total. The molecule has 2 aromatic heterocycles. The maximum atomic E-state index is 13.9. The number of thiophene rings is 1. The fourth-order valence-corrected chi connectivity index (χ4v) is 6.21. The highest BCUT2D eigenvalue weighted by molar-refractivity contribution is 7.17. The van der Waals surface area contributed by atoms with Crippen molar-refractivity contribution < 1.29 is 14.3 Å². The predicted octanol–water partition coefficient (Wildman–Crippen LogP) is 5.36. The van der Waals surface area contributed by atoms with Crippen molar-refractivity contribution in [3.05, 3.63) is 53.0 Å². The van der Waals surface area contributed by atoms with Gasteiger partial charge in [-0.15, -0.1) is 11.3 Å². The van der Waals surface area contributed by atoms with Gasteiger partial charge in [-0.3, -0.25) is 9.59 Å². The SMILES string of the molecule is CCOc1ccccc1CN1C(=O)c2cc3sccc3n2C[C@@]1(C)C(=O)NC1CCCCCC1. The zero-order chi connectivity index (χ0) is 23.7. The molecule has 0 bridgehead atoms. The lowest BCUT2D eigenvalue weighted by atomic mass is 9.92. The van der Waals surface area contributed by atoms with Crippen molar-refractivity contribution >= 4 is 33.4 Å². The summed E-state index contributed by atoms with van der Waals surface area (Å²) in [5.74, 6) is 0.579. The molecule has 1 atom stereocenters. The molecular formula is C27H33N3O3S. The molecule has 1 aliphatic carbocycles. The average molecular weight is 480 g/mol. The lowest BCUT2D eigenvalue weighted by Gasteiger charge is -2.44. The molecule has 34 heavy (non-hydrogen) atoms. The molecule has 0 saturated heterocycles. The normalized spacial score (nSPS) is 21.4. The van der Waals surface area contributed by atoms with Crippen molar-refractivity contribution in [1.29, 1.82) is 0 Å². The average Bonchev–Trinajstić information content (AvgIpc) is 3.32. The van der Waals surface area contributed by atoms with Gasteiger partial charge in [0.25, 0.3) is 5.91 Å². The van der Waals surface area contributed by atoms with Gasteiger partial charge >= 0.3 is 0 Å². The van der Waals surface area contributed by atoms with Crippen LogP contribution in [0.25, 0.3) is 10.2 Å². The summed E-state index contributed by atoms with van der Waals surface area (Å²) in [6, 6.07) is 12.0. The molecule has 6 nitrogen and oxygen atoms in total. The van der Waals surface area contributed by atoms with E-state index in [2.05, 4.69) is 5.32 Å². The minimum atomic E-state index is -1.01. The summed E-state index contributed by atoms with van der Waals surface area (Å²) in [5.41, 5.74) is 1.57. The predicted molar refractivity (Wildman–Crippen MR) is 135 cm³/mol. The zero-order valence-electron chi connectivity index (χ0n) is 20.0. The van der Waals surface area contributed by atoms with Crippen molar-refractivity contribution in [2.75, 3.05) is 6.61 Å². The molecule has 1 saturated carbocycles. The standard InChI is InChI=1S/C27H33N3O3S/c1-3-33-23-13-9-8-10-19(23)17-30-25(31)22-16-24-21(14-15-34-24)29(22)18-27(30,2)26(32)28-20-11-6-4-5-7-12-20/h8-10,13-16,20H,3-7,11-12,17-18H2,1-2H3,(H,28,32)/t27-/m0/s1. The third-order valence-corrected chi connectivity index (χ3v) is 8.18.